The van der Waals surface area contributed by atoms with Crippen molar-refractivity contribution in [3.05, 3.63) is 58.2 Å². The third kappa shape index (κ3) is 3.45. The number of hydrogen-bond donors (Lipinski definition) is 1. The van der Waals surface area contributed by atoms with Crippen LogP contribution in [0.4, 0.5) is 10.1 Å². The molecule has 0 aliphatic carbocycles. The second kappa shape index (κ2) is 6.92. The molecule has 3 aromatic rings. The van der Waals surface area contributed by atoms with Crippen molar-refractivity contribution in [1.82, 2.24) is 14.9 Å². The van der Waals surface area contributed by atoms with E-state index in [9.17, 15) is 18.8 Å². The fourth-order valence-corrected chi connectivity index (χ4v) is 3.89. The first-order valence-electron chi connectivity index (χ1n) is 8.29. The summed E-state index contributed by atoms with van der Waals surface area (Å²) >= 11 is 1.28. The van der Waals surface area contributed by atoms with Crippen LogP contribution in [0.15, 0.2) is 46.8 Å². The number of nitrogens with zero attached hydrogens (tertiary/aromatic N) is 3. The zero-order valence-corrected chi connectivity index (χ0v) is 14.9. The second-order valence-corrected chi connectivity index (χ2v) is 7.18. The molecule has 1 aliphatic heterocycles. The van der Waals surface area contributed by atoms with Gasteiger partial charge in [-0.05, 0) is 35.7 Å². The standard InChI is InChI=1S/C18H15FN4O3S/c19-11-1-3-13(4-2-11)23-8-12(7-16(23)25)21-15(24)9-22-10-20-14-5-6-27-17(14)18(22)26/h1-6,10,12H,7-9H2,(H,21,24)/t12-/m0/s1. The molecule has 138 valence electrons. The largest absolute Gasteiger partial charge is 0.349 e. The molecule has 27 heavy (non-hydrogen) atoms. The van der Waals surface area contributed by atoms with Gasteiger partial charge in [-0.1, -0.05) is 0 Å². The predicted octanol–water partition coefficient (Wildman–Crippen LogP) is 1.52. The van der Waals surface area contributed by atoms with Gasteiger partial charge in [0.25, 0.3) is 5.56 Å². The van der Waals surface area contributed by atoms with Crippen molar-refractivity contribution in [3.63, 3.8) is 0 Å². The molecule has 9 heteroatoms. The number of benzene rings is 1. The molecule has 4 rings (SSSR count). The van der Waals surface area contributed by atoms with Gasteiger partial charge in [0.15, 0.2) is 0 Å². The number of carbonyl (C=O) groups is 2. The Hall–Kier alpha value is -3.07. The zero-order chi connectivity index (χ0) is 19.0. The van der Waals surface area contributed by atoms with Crippen LogP contribution in [-0.2, 0) is 16.1 Å². The number of anilines is 1. The first-order chi connectivity index (χ1) is 13.0. The van der Waals surface area contributed by atoms with Crippen LogP contribution in [0.1, 0.15) is 6.42 Å². The lowest BCUT2D eigenvalue weighted by molar-refractivity contribution is -0.122. The Bertz CT molecular complexity index is 1080. The average molecular weight is 386 g/mol. The fourth-order valence-electron chi connectivity index (χ4n) is 3.09. The molecular weight excluding hydrogens is 371 g/mol. The summed E-state index contributed by atoms with van der Waals surface area (Å²) in [5.41, 5.74) is 0.931. The first-order valence-corrected chi connectivity index (χ1v) is 9.17. The lowest BCUT2D eigenvalue weighted by Crippen LogP contribution is -2.40. The molecule has 1 aliphatic rings. The number of amides is 2. The van der Waals surface area contributed by atoms with E-state index in [-0.39, 0.29) is 42.2 Å². The van der Waals surface area contributed by atoms with Crippen LogP contribution in [0.25, 0.3) is 10.2 Å². The Morgan fingerprint density at radius 1 is 1.26 bits per heavy atom. The van der Waals surface area contributed by atoms with Crippen LogP contribution in [0, 0.1) is 5.82 Å². The highest BCUT2D eigenvalue weighted by Crippen LogP contribution is 2.21. The maximum Gasteiger partial charge on any atom is 0.271 e. The van der Waals surface area contributed by atoms with E-state index in [4.69, 9.17) is 0 Å². The summed E-state index contributed by atoms with van der Waals surface area (Å²) in [7, 11) is 0. The molecule has 0 saturated carbocycles. The fraction of sp³-hybridized carbons (Fsp3) is 0.222. The number of rotatable bonds is 4. The van der Waals surface area contributed by atoms with Gasteiger partial charge >= 0.3 is 0 Å². The molecule has 0 spiro atoms. The summed E-state index contributed by atoms with van der Waals surface area (Å²) < 4.78 is 14.8. The van der Waals surface area contributed by atoms with Gasteiger partial charge in [0, 0.05) is 18.7 Å². The third-order valence-corrected chi connectivity index (χ3v) is 5.27. The van der Waals surface area contributed by atoms with Gasteiger partial charge in [-0.15, -0.1) is 11.3 Å². The lowest BCUT2D eigenvalue weighted by Gasteiger charge is -2.17. The number of nitrogens with one attached hydrogen (secondary N) is 1. The minimum Gasteiger partial charge on any atom is -0.349 e. The lowest BCUT2D eigenvalue weighted by atomic mass is 10.2. The summed E-state index contributed by atoms with van der Waals surface area (Å²) in [6.07, 6.45) is 1.50. The van der Waals surface area contributed by atoms with E-state index in [2.05, 4.69) is 10.3 Å². The Balaban J connectivity index is 1.42. The maximum absolute atomic E-state index is 13.0. The number of aromatic nitrogens is 2. The minimum atomic E-state index is -0.378. The molecule has 1 fully saturated rings. The Labute approximate surface area is 157 Å². The third-order valence-electron chi connectivity index (χ3n) is 4.38. The van der Waals surface area contributed by atoms with Crippen molar-refractivity contribution in [2.24, 2.45) is 0 Å². The summed E-state index contributed by atoms with van der Waals surface area (Å²) in [5, 5.41) is 4.55. The van der Waals surface area contributed by atoms with E-state index in [1.54, 1.807) is 11.4 Å². The summed E-state index contributed by atoms with van der Waals surface area (Å²) in [6, 6.07) is 7.00. The summed E-state index contributed by atoms with van der Waals surface area (Å²) in [4.78, 5) is 42.5. The van der Waals surface area contributed by atoms with Gasteiger partial charge in [0.05, 0.1) is 17.9 Å². The topological polar surface area (TPSA) is 84.3 Å². The molecule has 1 atom stereocenters. The highest BCUT2D eigenvalue weighted by molar-refractivity contribution is 7.17. The molecule has 0 bridgehead atoms. The summed E-state index contributed by atoms with van der Waals surface area (Å²) in [5.74, 6) is -0.892. The van der Waals surface area contributed by atoms with E-state index < -0.39 is 0 Å². The van der Waals surface area contributed by atoms with Crippen molar-refractivity contribution in [2.45, 2.75) is 19.0 Å². The highest BCUT2D eigenvalue weighted by Gasteiger charge is 2.31. The number of thiophene rings is 1. The van der Waals surface area contributed by atoms with Crippen molar-refractivity contribution in [2.75, 3.05) is 11.4 Å². The van der Waals surface area contributed by atoms with Crippen LogP contribution in [0.2, 0.25) is 0 Å². The van der Waals surface area contributed by atoms with Crippen LogP contribution in [-0.4, -0.2) is 34.0 Å². The second-order valence-electron chi connectivity index (χ2n) is 6.26. The molecule has 1 aromatic carbocycles. The Morgan fingerprint density at radius 2 is 2.04 bits per heavy atom. The van der Waals surface area contributed by atoms with Gasteiger partial charge in [0.2, 0.25) is 11.8 Å². The molecule has 3 heterocycles. The van der Waals surface area contributed by atoms with Gasteiger partial charge in [-0.3, -0.25) is 19.0 Å². The monoisotopic (exact) mass is 386 g/mol. The molecule has 1 N–H and O–H groups in total. The van der Waals surface area contributed by atoms with E-state index >= 15 is 0 Å². The zero-order valence-electron chi connectivity index (χ0n) is 14.1. The minimum absolute atomic E-state index is 0.147. The van der Waals surface area contributed by atoms with Crippen molar-refractivity contribution in [3.8, 4) is 0 Å². The number of fused-ring (bicyclic) bond motifs is 1. The van der Waals surface area contributed by atoms with E-state index in [0.29, 0.717) is 22.4 Å². The average Bonchev–Trinajstić information content (AvgIpc) is 3.25. The Morgan fingerprint density at radius 3 is 2.81 bits per heavy atom. The smallest absolute Gasteiger partial charge is 0.271 e. The van der Waals surface area contributed by atoms with Crippen LogP contribution >= 0.6 is 11.3 Å². The molecule has 2 amide bonds. The molecule has 0 unspecified atom stereocenters. The van der Waals surface area contributed by atoms with Crippen molar-refractivity contribution < 1.29 is 14.0 Å². The molecule has 0 radical (unpaired) electrons. The van der Waals surface area contributed by atoms with Gasteiger partial charge in [0.1, 0.15) is 17.1 Å². The van der Waals surface area contributed by atoms with Gasteiger partial charge < -0.3 is 10.2 Å². The molecular formula is C18H15FN4O3S. The van der Waals surface area contributed by atoms with E-state index in [0.717, 1.165) is 0 Å². The van der Waals surface area contributed by atoms with Gasteiger partial charge in [-0.2, -0.15) is 0 Å². The molecule has 1 saturated heterocycles. The van der Waals surface area contributed by atoms with Crippen molar-refractivity contribution in [1.29, 1.82) is 0 Å². The molecule has 7 nitrogen and oxygen atoms in total. The molecule has 2 aromatic heterocycles. The number of hydrogen-bond acceptors (Lipinski definition) is 5. The first kappa shape index (κ1) is 17.3. The Kier molecular flexibility index (Phi) is 4.44. The van der Waals surface area contributed by atoms with Crippen LogP contribution in [0.3, 0.4) is 0 Å². The van der Waals surface area contributed by atoms with Gasteiger partial charge in [-0.25, -0.2) is 9.37 Å². The van der Waals surface area contributed by atoms with Crippen LogP contribution < -0.4 is 15.8 Å². The highest BCUT2D eigenvalue weighted by atomic mass is 32.1. The maximum atomic E-state index is 13.0. The van der Waals surface area contributed by atoms with Crippen molar-refractivity contribution >= 4 is 39.1 Å². The predicted molar refractivity (Wildman–Crippen MR) is 99.2 cm³/mol. The van der Waals surface area contributed by atoms with E-state index in [1.807, 2.05) is 0 Å². The van der Waals surface area contributed by atoms with E-state index in [1.165, 1.54) is 51.4 Å². The quantitative estimate of drug-likeness (QED) is 0.737. The normalized spacial score (nSPS) is 16.9. The SMILES string of the molecule is O=C(Cn1cnc2ccsc2c1=O)N[C@H]1CC(=O)N(c2ccc(F)cc2)C1. The number of halogens is 1. The summed E-state index contributed by atoms with van der Waals surface area (Å²) in [6.45, 7) is 0.133. The van der Waals surface area contributed by atoms with Crippen LogP contribution in [0.5, 0.6) is 0 Å². The number of carbonyl (C=O) groups excluding carboxylic acids is 2.